The predicted molar refractivity (Wildman–Crippen MR) is 267 cm³/mol. The maximum absolute atomic E-state index is 7.71. The van der Waals surface area contributed by atoms with Crippen LogP contribution in [0.5, 0.6) is 0 Å². The van der Waals surface area contributed by atoms with Gasteiger partial charge in [-0.1, -0.05) is 134 Å². The van der Waals surface area contributed by atoms with Crippen LogP contribution in [0.2, 0.25) is 0 Å². The average Bonchev–Trinajstić information content (AvgIpc) is 3.60. The van der Waals surface area contributed by atoms with E-state index >= 15 is 0 Å². The maximum Gasteiger partial charge on any atom is 0.297 e. The summed E-state index contributed by atoms with van der Waals surface area (Å²) in [4.78, 5) is 5.41. The van der Waals surface area contributed by atoms with Gasteiger partial charge >= 0.3 is 0 Å². The van der Waals surface area contributed by atoms with Crippen molar-refractivity contribution >= 4 is 57.4 Å². The van der Waals surface area contributed by atoms with Gasteiger partial charge in [0.05, 0.1) is 11.3 Å². The summed E-state index contributed by atoms with van der Waals surface area (Å²) in [5.41, 5.74) is 23.3. The minimum absolute atomic E-state index is 0.0211. The zero-order chi connectivity index (χ0) is 44.6. The van der Waals surface area contributed by atoms with E-state index in [1.807, 2.05) is 0 Å². The molecule has 0 saturated heterocycles. The van der Waals surface area contributed by atoms with Gasteiger partial charge in [-0.05, 0) is 165 Å². The number of benzene rings is 4. The van der Waals surface area contributed by atoms with Crippen molar-refractivity contribution in [2.24, 2.45) is 0 Å². The van der Waals surface area contributed by atoms with E-state index in [1.165, 1.54) is 115 Å². The van der Waals surface area contributed by atoms with Gasteiger partial charge in [0.1, 0.15) is 5.76 Å². The molecule has 2 aliphatic heterocycles. The Morgan fingerprint density at radius 3 is 1.63 bits per heavy atom. The molecule has 4 heteroatoms. The monoisotopic (exact) mass is 825 g/mol. The van der Waals surface area contributed by atoms with Gasteiger partial charge < -0.3 is 14.2 Å². The van der Waals surface area contributed by atoms with Gasteiger partial charge in [-0.2, -0.15) is 0 Å². The fourth-order valence-electron chi connectivity index (χ4n) is 12.7. The number of furan rings is 1. The van der Waals surface area contributed by atoms with E-state index in [0.717, 1.165) is 24.9 Å². The average molecular weight is 825 g/mol. The molecule has 0 amide bonds. The van der Waals surface area contributed by atoms with Crippen molar-refractivity contribution in [2.75, 3.05) is 9.80 Å². The molecule has 10 rings (SSSR count). The van der Waals surface area contributed by atoms with Crippen LogP contribution in [-0.2, 0) is 37.9 Å². The van der Waals surface area contributed by atoms with Crippen molar-refractivity contribution in [3.63, 3.8) is 0 Å². The molecule has 324 valence electrons. The second kappa shape index (κ2) is 12.8. The van der Waals surface area contributed by atoms with E-state index in [2.05, 4.69) is 188 Å². The summed E-state index contributed by atoms with van der Waals surface area (Å²) >= 11 is 0. The van der Waals surface area contributed by atoms with Crippen molar-refractivity contribution in [1.82, 2.24) is 0 Å². The van der Waals surface area contributed by atoms with E-state index in [0.29, 0.717) is 0 Å². The Morgan fingerprint density at radius 2 is 1.03 bits per heavy atom. The topological polar surface area (TPSA) is 19.6 Å². The minimum Gasteiger partial charge on any atom is -0.472 e. The normalized spacial score (nSPS) is 21.6. The standard InChI is InChI=1S/C58H73BN2O/c1-34-30-43-47-44(31-34)61(42-33-40-39(32-35(42)2)54(8,9)24-25-55(40,10)11)48-41(23-22-38-45(48)56(12,13)27-26-53(38,6)7)59(47)51-49(46-50(62-51)58(16,17)29-28-57(46,14)15)60(43)37-20-18-36(19-21-37)52(3,4)5/h18-23,30-33H,24-29H2,1-17H3. The van der Waals surface area contributed by atoms with Gasteiger partial charge in [-0.15, -0.1) is 0 Å². The van der Waals surface area contributed by atoms with Gasteiger partial charge in [0, 0.05) is 39.4 Å². The molecule has 0 fully saturated rings. The van der Waals surface area contributed by atoms with E-state index < -0.39 is 0 Å². The number of hydrogen-bond donors (Lipinski definition) is 0. The number of anilines is 6. The van der Waals surface area contributed by atoms with Gasteiger partial charge in [0.25, 0.3) is 6.71 Å². The van der Waals surface area contributed by atoms with Crippen LogP contribution in [0.25, 0.3) is 0 Å². The minimum atomic E-state index is -0.0822. The molecule has 0 saturated carbocycles. The Labute approximate surface area is 375 Å². The highest BCUT2D eigenvalue weighted by Gasteiger charge is 2.54. The van der Waals surface area contributed by atoms with Crippen LogP contribution >= 0.6 is 0 Å². The third-order valence-electron chi connectivity index (χ3n) is 17.0. The second-order valence-corrected chi connectivity index (χ2v) is 25.6. The molecule has 62 heavy (non-hydrogen) atoms. The van der Waals surface area contributed by atoms with Crippen LogP contribution in [0.1, 0.15) is 193 Å². The lowest BCUT2D eigenvalue weighted by molar-refractivity contribution is 0.282. The van der Waals surface area contributed by atoms with E-state index in [9.17, 15) is 0 Å². The first-order valence-corrected chi connectivity index (χ1v) is 24.0. The molecule has 5 aliphatic rings. The highest BCUT2D eigenvalue weighted by molar-refractivity contribution is 6.99. The number of rotatable bonds is 2. The zero-order valence-electron chi connectivity index (χ0n) is 41.4. The summed E-state index contributed by atoms with van der Waals surface area (Å²) in [5, 5.41) is 0. The second-order valence-electron chi connectivity index (χ2n) is 25.6. The van der Waals surface area contributed by atoms with E-state index in [-0.39, 0.29) is 44.6 Å². The Balaban J connectivity index is 1.37. The quantitative estimate of drug-likeness (QED) is 0.162. The first-order valence-electron chi connectivity index (χ1n) is 24.0. The third-order valence-corrected chi connectivity index (χ3v) is 17.0. The van der Waals surface area contributed by atoms with Crippen LogP contribution in [0.3, 0.4) is 0 Å². The van der Waals surface area contributed by atoms with Crippen LogP contribution in [0, 0.1) is 13.8 Å². The van der Waals surface area contributed by atoms with Crippen molar-refractivity contribution in [2.45, 2.75) is 194 Å². The molecule has 0 unspecified atom stereocenters. The number of fused-ring (bicyclic) bond motifs is 9. The highest BCUT2D eigenvalue weighted by atomic mass is 16.3. The molecule has 5 aromatic rings. The Kier molecular flexibility index (Phi) is 8.60. The number of aryl methyl sites for hydroxylation is 2. The smallest absolute Gasteiger partial charge is 0.297 e. The first-order chi connectivity index (χ1) is 28.7. The predicted octanol–water partition coefficient (Wildman–Crippen LogP) is 14.3. The fourth-order valence-corrected chi connectivity index (χ4v) is 12.7. The molecule has 3 nitrogen and oxygen atoms in total. The summed E-state index contributed by atoms with van der Waals surface area (Å²) in [5.74, 6) is 1.18. The summed E-state index contributed by atoms with van der Waals surface area (Å²) in [6.45, 7) is 41.3. The zero-order valence-corrected chi connectivity index (χ0v) is 41.4. The fraction of sp³-hybridized carbons (Fsp3) is 0.517. The molecule has 4 aromatic carbocycles. The maximum atomic E-state index is 7.71. The van der Waals surface area contributed by atoms with E-state index in [4.69, 9.17) is 4.42 Å². The summed E-state index contributed by atoms with van der Waals surface area (Å²) in [7, 11) is 0. The van der Waals surface area contributed by atoms with Gasteiger partial charge in [0.15, 0.2) is 0 Å². The number of nitrogens with zero attached hydrogens (tertiary/aromatic N) is 2. The molecule has 0 bridgehead atoms. The van der Waals surface area contributed by atoms with Gasteiger partial charge in [-0.25, -0.2) is 0 Å². The summed E-state index contributed by atoms with van der Waals surface area (Å²) < 4.78 is 7.71. The van der Waals surface area contributed by atoms with Crippen molar-refractivity contribution in [3.05, 3.63) is 111 Å². The Bertz CT molecular complexity index is 2710. The summed E-state index contributed by atoms with van der Waals surface area (Å²) in [6, 6.07) is 24.8. The molecule has 0 radical (unpaired) electrons. The third kappa shape index (κ3) is 5.82. The molecule has 1 aromatic heterocycles. The molecule has 0 spiro atoms. The number of hydrogen-bond acceptors (Lipinski definition) is 3. The van der Waals surface area contributed by atoms with E-state index in [1.54, 1.807) is 0 Å². The van der Waals surface area contributed by atoms with Gasteiger partial charge in [0.2, 0.25) is 0 Å². The lowest BCUT2D eigenvalue weighted by Crippen LogP contribution is -2.62. The SMILES string of the molecule is Cc1cc2c3c(c1)N(c1cc4c(cc1C)C(C)(C)CCC4(C)C)c1c(ccc4c1C(C)(C)CCC4(C)C)B3c1oc3c(c1N2c1ccc(C(C)(C)C)cc1)C(C)(C)CCC3(C)C. The Morgan fingerprint density at radius 1 is 0.516 bits per heavy atom. The molecule has 3 heterocycles. The van der Waals surface area contributed by atoms with Crippen molar-refractivity contribution in [1.29, 1.82) is 0 Å². The Hall–Kier alpha value is -4.18. The van der Waals surface area contributed by atoms with Crippen molar-refractivity contribution < 1.29 is 4.42 Å². The van der Waals surface area contributed by atoms with Crippen LogP contribution < -0.4 is 26.4 Å². The highest BCUT2D eigenvalue weighted by Crippen LogP contribution is 2.58. The molecule has 0 atom stereocenters. The lowest BCUT2D eigenvalue weighted by atomic mass is 9.34. The summed E-state index contributed by atoms with van der Waals surface area (Å²) in [6.07, 6.45) is 6.95. The first kappa shape index (κ1) is 41.8. The molecule has 3 aliphatic carbocycles. The van der Waals surface area contributed by atoms with Crippen LogP contribution in [0.4, 0.5) is 34.1 Å². The van der Waals surface area contributed by atoms with Crippen LogP contribution in [-0.4, -0.2) is 6.71 Å². The largest absolute Gasteiger partial charge is 0.472 e. The molecular formula is C58H73BN2O. The van der Waals surface area contributed by atoms with Gasteiger partial charge in [-0.3, -0.25) is 0 Å². The molecule has 0 N–H and O–H groups in total. The lowest BCUT2D eigenvalue weighted by Gasteiger charge is -2.50. The van der Waals surface area contributed by atoms with Crippen LogP contribution in [0.15, 0.2) is 65.1 Å². The molecular weight excluding hydrogens is 751 g/mol. The van der Waals surface area contributed by atoms with Crippen molar-refractivity contribution in [3.8, 4) is 0 Å².